The van der Waals surface area contributed by atoms with Crippen molar-refractivity contribution < 1.29 is 22.1 Å². The van der Waals surface area contributed by atoms with Crippen LogP contribution in [0.2, 0.25) is 0 Å². The van der Waals surface area contributed by atoms with Crippen molar-refractivity contribution in [2.24, 2.45) is 0 Å². The van der Waals surface area contributed by atoms with Crippen LogP contribution in [0.3, 0.4) is 0 Å². The van der Waals surface area contributed by atoms with Crippen LogP contribution in [0.25, 0.3) is 0 Å². The fraction of sp³-hybridized carbons (Fsp3) is 0.350. The van der Waals surface area contributed by atoms with Gasteiger partial charge < -0.3 is 9.64 Å². The van der Waals surface area contributed by atoms with Crippen LogP contribution in [0.4, 0.5) is 4.79 Å². The fourth-order valence-corrected chi connectivity index (χ4v) is 4.03. The molecular weight excluding hydrogens is 366 g/mol. The van der Waals surface area contributed by atoms with Gasteiger partial charge in [-0.3, -0.25) is 4.18 Å². The van der Waals surface area contributed by atoms with Gasteiger partial charge >= 0.3 is 6.09 Å². The van der Waals surface area contributed by atoms with E-state index in [1.165, 1.54) is 17.0 Å². The first-order chi connectivity index (χ1) is 12.9. The molecule has 2 aromatic carbocycles. The van der Waals surface area contributed by atoms with E-state index in [1.807, 2.05) is 37.3 Å². The molecule has 144 valence electrons. The predicted molar refractivity (Wildman–Crippen MR) is 101 cm³/mol. The Morgan fingerprint density at radius 1 is 1.11 bits per heavy atom. The lowest BCUT2D eigenvalue weighted by Crippen LogP contribution is -2.44. The molecule has 0 aromatic heterocycles. The Bertz CT molecular complexity index is 865. The average molecular weight is 389 g/mol. The van der Waals surface area contributed by atoms with Crippen LogP contribution >= 0.6 is 0 Å². The molecular formula is C20H23NO5S. The number of hydrogen-bond donors (Lipinski definition) is 0. The van der Waals surface area contributed by atoms with Crippen molar-refractivity contribution in [1.82, 2.24) is 4.90 Å². The molecule has 0 saturated carbocycles. The van der Waals surface area contributed by atoms with Gasteiger partial charge in [0.25, 0.3) is 10.1 Å². The molecule has 1 aliphatic rings. The summed E-state index contributed by atoms with van der Waals surface area (Å²) >= 11 is 0. The van der Waals surface area contributed by atoms with Crippen molar-refractivity contribution >= 4 is 16.2 Å². The Morgan fingerprint density at radius 2 is 1.81 bits per heavy atom. The summed E-state index contributed by atoms with van der Waals surface area (Å²) < 4.78 is 35.6. The number of ether oxygens (including phenoxy) is 1. The molecule has 2 aromatic rings. The second-order valence-electron chi connectivity index (χ2n) is 6.61. The van der Waals surface area contributed by atoms with E-state index in [4.69, 9.17) is 8.92 Å². The largest absolute Gasteiger partial charge is 0.445 e. The molecule has 3 rings (SSSR count). The smallest absolute Gasteiger partial charge is 0.410 e. The summed E-state index contributed by atoms with van der Waals surface area (Å²) in [6, 6.07) is 15.9. The third-order valence-electron chi connectivity index (χ3n) is 4.41. The standard InChI is InChI=1S/C20H23NO5S/c1-16-9-11-19(12-10-16)27(23,24)26-18-8-5-13-21(14-18)20(22)25-15-17-6-3-2-4-7-17/h2-4,6-7,9-12,18H,5,8,13-15H2,1H3. The minimum Gasteiger partial charge on any atom is -0.445 e. The molecule has 6 nitrogen and oxygen atoms in total. The van der Waals surface area contributed by atoms with Crippen LogP contribution < -0.4 is 0 Å². The van der Waals surface area contributed by atoms with E-state index in [-0.39, 0.29) is 18.0 Å². The van der Waals surface area contributed by atoms with Gasteiger partial charge in [-0.15, -0.1) is 0 Å². The van der Waals surface area contributed by atoms with Crippen LogP contribution in [-0.2, 0) is 25.6 Å². The summed E-state index contributed by atoms with van der Waals surface area (Å²) in [6.45, 7) is 2.79. The van der Waals surface area contributed by atoms with Crippen LogP contribution in [0.5, 0.6) is 0 Å². The Kier molecular flexibility index (Phi) is 6.13. The molecule has 0 radical (unpaired) electrons. The number of carbonyl (C=O) groups is 1. The Morgan fingerprint density at radius 3 is 2.52 bits per heavy atom. The summed E-state index contributed by atoms with van der Waals surface area (Å²) in [4.78, 5) is 13.9. The van der Waals surface area contributed by atoms with E-state index in [1.54, 1.807) is 12.1 Å². The van der Waals surface area contributed by atoms with E-state index in [9.17, 15) is 13.2 Å². The van der Waals surface area contributed by atoms with E-state index < -0.39 is 22.3 Å². The molecule has 0 bridgehead atoms. The second kappa shape index (κ2) is 8.54. The summed E-state index contributed by atoms with van der Waals surface area (Å²) in [5.74, 6) is 0. The quantitative estimate of drug-likeness (QED) is 0.732. The number of benzene rings is 2. The van der Waals surface area contributed by atoms with Gasteiger partial charge in [-0.05, 0) is 37.5 Å². The van der Waals surface area contributed by atoms with Gasteiger partial charge in [-0.2, -0.15) is 8.42 Å². The first kappa shape index (κ1) is 19.4. The Balaban J connectivity index is 1.57. The van der Waals surface area contributed by atoms with Crippen molar-refractivity contribution in [3.05, 3.63) is 65.7 Å². The summed E-state index contributed by atoms with van der Waals surface area (Å²) in [6.07, 6.45) is 0.205. The Labute approximate surface area is 159 Å². The van der Waals surface area contributed by atoms with Crippen molar-refractivity contribution in [2.75, 3.05) is 13.1 Å². The number of carbonyl (C=O) groups excluding carboxylic acids is 1. The van der Waals surface area contributed by atoms with Gasteiger partial charge in [0, 0.05) is 6.54 Å². The normalized spacial score (nSPS) is 17.5. The van der Waals surface area contributed by atoms with Crippen LogP contribution in [0.15, 0.2) is 59.5 Å². The molecule has 1 amide bonds. The highest BCUT2D eigenvalue weighted by molar-refractivity contribution is 7.86. The maximum atomic E-state index is 12.4. The number of piperidine rings is 1. The highest BCUT2D eigenvalue weighted by atomic mass is 32.2. The van der Waals surface area contributed by atoms with E-state index in [0.29, 0.717) is 19.4 Å². The highest BCUT2D eigenvalue weighted by Gasteiger charge is 2.29. The molecule has 7 heteroatoms. The van der Waals surface area contributed by atoms with Gasteiger partial charge in [0.2, 0.25) is 0 Å². The first-order valence-corrected chi connectivity index (χ1v) is 10.3. The van der Waals surface area contributed by atoms with Crippen LogP contribution in [-0.4, -0.2) is 38.6 Å². The van der Waals surface area contributed by atoms with Gasteiger partial charge in [0.15, 0.2) is 0 Å². The van der Waals surface area contributed by atoms with Gasteiger partial charge in [-0.1, -0.05) is 48.0 Å². The molecule has 1 saturated heterocycles. The zero-order valence-electron chi connectivity index (χ0n) is 15.2. The lowest BCUT2D eigenvalue weighted by molar-refractivity contribution is 0.0571. The maximum Gasteiger partial charge on any atom is 0.410 e. The molecule has 27 heavy (non-hydrogen) atoms. The second-order valence-corrected chi connectivity index (χ2v) is 8.19. The Hall–Kier alpha value is -2.38. The number of rotatable bonds is 5. The monoisotopic (exact) mass is 389 g/mol. The highest BCUT2D eigenvalue weighted by Crippen LogP contribution is 2.21. The molecule has 1 heterocycles. The molecule has 0 spiro atoms. The third-order valence-corrected chi connectivity index (χ3v) is 5.79. The summed E-state index contributed by atoms with van der Waals surface area (Å²) in [5.41, 5.74) is 1.87. The zero-order valence-corrected chi connectivity index (χ0v) is 16.0. The average Bonchev–Trinajstić information content (AvgIpc) is 2.67. The van der Waals surface area contributed by atoms with Crippen molar-refractivity contribution in [3.8, 4) is 0 Å². The summed E-state index contributed by atoms with van der Waals surface area (Å²) in [7, 11) is -3.86. The third kappa shape index (κ3) is 5.30. The number of likely N-dealkylation sites (tertiary alicyclic amines) is 1. The van der Waals surface area contributed by atoms with Crippen molar-refractivity contribution in [1.29, 1.82) is 0 Å². The van der Waals surface area contributed by atoms with Gasteiger partial charge in [-0.25, -0.2) is 4.79 Å². The van der Waals surface area contributed by atoms with Gasteiger partial charge in [0.05, 0.1) is 17.5 Å². The van der Waals surface area contributed by atoms with Crippen LogP contribution in [0, 0.1) is 6.92 Å². The number of amides is 1. The summed E-state index contributed by atoms with van der Waals surface area (Å²) in [5, 5.41) is 0. The minimum absolute atomic E-state index is 0.122. The van der Waals surface area contributed by atoms with E-state index >= 15 is 0 Å². The lowest BCUT2D eigenvalue weighted by Gasteiger charge is -2.31. The van der Waals surface area contributed by atoms with Crippen molar-refractivity contribution in [2.45, 2.75) is 37.4 Å². The molecule has 0 aliphatic carbocycles. The fourth-order valence-electron chi connectivity index (χ4n) is 2.93. The number of hydrogen-bond acceptors (Lipinski definition) is 5. The molecule has 1 fully saturated rings. The van der Waals surface area contributed by atoms with Gasteiger partial charge in [0.1, 0.15) is 6.61 Å². The van der Waals surface area contributed by atoms with E-state index in [2.05, 4.69) is 0 Å². The maximum absolute atomic E-state index is 12.4. The zero-order chi connectivity index (χ0) is 19.3. The van der Waals surface area contributed by atoms with Crippen LogP contribution in [0.1, 0.15) is 24.0 Å². The number of nitrogens with zero attached hydrogens (tertiary/aromatic N) is 1. The topological polar surface area (TPSA) is 72.9 Å². The predicted octanol–water partition coefficient (Wildman–Crippen LogP) is 3.50. The first-order valence-electron chi connectivity index (χ1n) is 8.89. The minimum atomic E-state index is -3.86. The van der Waals surface area contributed by atoms with Crippen molar-refractivity contribution in [3.63, 3.8) is 0 Å². The number of aryl methyl sites for hydroxylation is 1. The molecule has 1 aliphatic heterocycles. The van der Waals surface area contributed by atoms with E-state index in [0.717, 1.165) is 11.1 Å². The molecule has 0 N–H and O–H groups in total. The molecule has 1 atom stereocenters. The lowest BCUT2D eigenvalue weighted by atomic mass is 10.1. The molecule has 1 unspecified atom stereocenters. The SMILES string of the molecule is Cc1ccc(S(=O)(=O)OC2CCCN(C(=O)OCc3ccccc3)C2)cc1.